The van der Waals surface area contributed by atoms with Crippen LogP contribution in [0.4, 0.5) is 0 Å². The van der Waals surface area contributed by atoms with Crippen molar-refractivity contribution < 1.29 is 0 Å². The third-order valence-corrected chi connectivity index (χ3v) is 3.63. The Morgan fingerprint density at radius 1 is 1.33 bits per heavy atom. The van der Waals surface area contributed by atoms with Crippen molar-refractivity contribution in [1.29, 1.82) is 5.26 Å². The third kappa shape index (κ3) is 3.83. The fourth-order valence-corrected chi connectivity index (χ4v) is 2.73. The topological polar surface area (TPSA) is 27.0 Å². The lowest BCUT2D eigenvalue weighted by Crippen LogP contribution is -2.39. The molecule has 0 bridgehead atoms. The first-order chi connectivity index (χ1) is 7.31. The third-order valence-electron chi connectivity index (χ3n) is 3.63. The highest BCUT2D eigenvalue weighted by atomic mass is 15.1. The molecule has 1 aliphatic rings. The van der Waals surface area contributed by atoms with Crippen LogP contribution in [-0.4, -0.2) is 24.0 Å². The summed E-state index contributed by atoms with van der Waals surface area (Å²) in [4.78, 5) is 2.39. The van der Waals surface area contributed by atoms with Crippen molar-refractivity contribution in [3.8, 4) is 6.07 Å². The van der Waals surface area contributed by atoms with Crippen LogP contribution in [0.1, 0.15) is 52.4 Å². The van der Waals surface area contributed by atoms with Gasteiger partial charge in [-0.3, -0.25) is 4.90 Å². The van der Waals surface area contributed by atoms with E-state index < -0.39 is 0 Å². The Hall–Kier alpha value is -0.550. The molecule has 1 rings (SSSR count). The first kappa shape index (κ1) is 12.5. The maximum Gasteiger partial charge on any atom is 0.0868 e. The Bertz CT molecular complexity index is 207. The molecule has 0 saturated heterocycles. The average Bonchev–Trinajstić information content (AvgIpc) is 2.29. The minimum Gasteiger partial charge on any atom is -0.288 e. The highest BCUT2D eigenvalue weighted by Gasteiger charge is 2.25. The Balaban J connectivity index is 2.47. The molecule has 86 valence electrons. The molecule has 1 fully saturated rings. The molecule has 0 aromatic heterocycles. The Kier molecular flexibility index (Phi) is 5.71. The number of rotatable bonds is 5. The highest BCUT2D eigenvalue weighted by Crippen LogP contribution is 2.29. The van der Waals surface area contributed by atoms with Gasteiger partial charge in [0.15, 0.2) is 0 Å². The molecule has 0 aromatic carbocycles. The molecule has 15 heavy (non-hydrogen) atoms. The quantitative estimate of drug-likeness (QED) is 0.649. The predicted octanol–water partition coefficient (Wildman–Crippen LogP) is 3.19. The molecule has 0 aliphatic heterocycles. The van der Waals surface area contributed by atoms with Crippen LogP contribution in [0.15, 0.2) is 0 Å². The summed E-state index contributed by atoms with van der Waals surface area (Å²) in [7, 11) is 0. The molecule has 0 radical (unpaired) electrons. The molecular formula is C13H24N2. The van der Waals surface area contributed by atoms with E-state index in [9.17, 15) is 0 Å². The van der Waals surface area contributed by atoms with Gasteiger partial charge in [0.25, 0.3) is 0 Å². The molecule has 2 atom stereocenters. The smallest absolute Gasteiger partial charge is 0.0868 e. The summed E-state index contributed by atoms with van der Waals surface area (Å²) in [5, 5.41) is 8.83. The maximum atomic E-state index is 8.83. The summed E-state index contributed by atoms with van der Waals surface area (Å²) in [5.74, 6) is 0.904. The van der Waals surface area contributed by atoms with E-state index in [0.717, 1.165) is 18.9 Å². The van der Waals surface area contributed by atoms with E-state index in [2.05, 4.69) is 24.8 Å². The minimum atomic E-state index is 0.620. The summed E-state index contributed by atoms with van der Waals surface area (Å²) in [6.45, 7) is 6.20. The average molecular weight is 208 g/mol. The Morgan fingerprint density at radius 3 is 2.73 bits per heavy atom. The van der Waals surface area contributed by atoms with E-state index in [4.69, 9.17) is 5.26 Å². The molecule has 1 aliphatic carbocycles. The van der Waals surface area contributed by atoms with Crippen molar-refractivity contribution in [1.82, 2.24) is 4.90 Å². The Labute approximate surface area is 94.3 Å². The molecule has 1 saturated carbocycles. The SMILES string of the molecule is CCCN(CC#N)C1CCCC(CC)C1. The normalized spacial score (nSPS) is 26.5. The van der Waals surface area contributed by atoms with Crippen LogP contribution in [0, 0.1) is 17.2 Å². The second-order valence-electron chi connectivity index (χ2n) is 4.72. The van der Waals surface area contributed by atoms with Crippen LogP contribution in [0.25, 0.3) is 0 Å². The fourth-order valence-electron chi connectivity index (χ4n) is 2.73. The fraction of sp³-hybridized carbons (Fsp3) is 0.923. The van der Waals surface area contributed by atoms with E-state index in [-0.39, 0.29) is 0 Å². The lowest BCUT2D eigenvalue weighted by atomic mass is 9.83. The van der Waals surface area contributed by atoms with Crippen molar-refractivity contribution in [3.05, 3.63) is 0 Å². The van der Waals surface area contributed by atoms with Gasteiger partial charge in [-0.2, -0.15) is 5.26 Å². The summed E-state index contributed by atoms with van der Waals surface area (Å²) in [6, 6.07) is 2.99. The van der Waals surface area contributed by atoms with Gasteiger partial charge < -0.3 is 0 Å². The second kappa shape index (κ2) is 6.85. The molecule has 0 N–H and O–H groups in total. The molecule has 0 heterocycles. The number of hydrogen-bond donors (Lipinski definition) is 0. The van der Waals surface area contributed by atoms with Crippen LogP contribution >= 0.6 is 0 Å². The number of nitriles is 1. The number of hydrogen-bond acceptors (Lipinski definition) is 2. The molecule has 2 unspecified atom stereocenters. The van der Waals surface area contributed by atoms with Crippen LogP contribution in [0.5, 0.6) is 0 Å². The zero-order valence-electron chi connectivity index (χ0n) is 10.2. The largest absolute Gasteiger partial charge is 0.288 e. The van der Waals surface area contributed by atoms with Gasteiger partial charge in [-0.25, -0.2) is 0 Å². The summed E-state index contributed by atoms with van der Waals surface area (Å²) >= 11 is 0. The van der Waals surface area contributed by atoms with Crippen molar-refractivity contribution in [3.63, 3.8) is 0 Å². The van der Waals surface area contributed by atoms with E-state index in [0.29, 0.717) is 12.6 Å². The first-order valence-corrected chi connectivity index (χ1v) is 6.42. The van der Waals surface area contributed by atoms with E-state index >= 15 is 0 Å². The van der Waals surface area contributed by atoms with Gasteiger partial charge in [-0.15, -0.1) is 0 Å². The van der Waals surface area contributed by atoms with Gasteiger partial charge in [-0.1, -0.05) is 33.1 Å². The van der Waals surface area contributed by atoms with E-state index in [1.165, 1.54) is 32.1 Å². The molecule has 0 aromatic rings. The lowest BCUT2D eigenvalue weighted by molar-refractivity contribution is 0.142. The summed E-state index contributed by atoms with van der Waals surface area (Å²) in [6.07, 6.45) is 7.85. The standard InChI is InChI=1S/C13H24N2/c1-3-9-15(10-8-14)13-7-5-6-12(4-2)11-13/h12-13H,3-7,9-11H2,1-2H3. The van der Waals surface area contributed by atoms with Crippen molar-refractivity contribution in [2.24, 2.45) is 5.92 Å². The molecule has 0 amide bonds. The van der Waals surface area contributed by atoms with E-state index in [1.807, 2.05) is 0 Å². The van der Waals surface area contributed by atoms with Crippen molar-refractivity contribution >= 4 is 0 Å². The Morgan fingerprint density at radius 2 is 2.13 bits per heavy atom. The van der Waals surface area contributed by atoms with Gasteiger partial charge in [0.2, 0.25) is 0 Å². The highest BCUT2D eigenvalue weighted by molar-refractivity contribution is 4.85. The maximum absolute atomic E-state index is 8.83. The minimum absolute atomic E-state index is 0.620. The van der Waals surface area contributed by atoms with Gasteiger partial charge in [-0.05, 0) is 31.7 Å². The molecule has 0 spiro atoms. The van der Waals surface area contributed by atoms with Crippen LogP contribution in [0.2, 0.25) is 0 Å². The zero-order chi connectivity index (χ0) is 11.1. The predicted molar refractivity (Wildman–Crippen MR) is 63.5 cm³/mol. The summed E-state index contributed by atoms with van der Waals surface area (Å²) in [5.41, 5.74) is 0. The lowest BCUT2D eigenvalue weighted by Gasteiger charge is -2.36. The van der Waals surface area contributed by atoms with Gasteiger partial charge in [0.05, 0.1) is 12.6 Å². The van der Waals surface area contributed by atoms with Crippen molar-refractivity contribution in [2.75, 3.05) is 13.1 Å². The first-order valence-electron chi connectivity index (χ1n) is 6.42. The zero-order valence-corrected chi connectivity index (χ0v) is 10.2. The van der Waals surface area contributed by atoms with Gasteiger partial charge >= 0.3 is 0 Å². The monoisotopic (exact) mass is 208 g/mol. The van der Waals surface area contributed by atoms with Crippen LogP contribution < -0.4 is 0 Å². The molecule has 2 nitrogen and oxygen atoms in total. The van der Waals surface area contributed by atoms with Gasteiger partial charge in [0, 0.05) is 6.04 Å². The van der Waals surface area contributed by atoms with E-state index in [1.54, 1.807) is 0 Å². The second-order valence-corrected chi connectivity index (χ2v) is 4.72. The molecular weight excluding hydrogens is 184 g/mol. The molecule has 2 heteroatoms. The van der Waals surface area contributed by atoms with Crippen molar-refractivity contribution in [2.45, 2.75) is 58.4 Å². The van der Waals surface area contributed by atoms with Crippen LogP contribution in [-0.2, 0) is 0 Å². The number of nitrogens with zero attached hydrogens (tertiary/aromatic N) is 2. The van der Waals surface area contributed by atoms with Gasteiger partial charge in [0.1, 0.15) is 0 Å². The van der Waals surface area contributed by atoms with Crippen LogP contribution in [0.3, 0.4) is 0 Å². The summed E-state index contributed by atoms with van der Waals surface area (Å²) < 4.78 is 0.